The molecule has 0 aromatic rings. The number of unbranched alkanes of at least 4 members (excludes halogenated alkanes) is 1. The van der Waals surface area contributed by atoms with Crippen molar-refractivity contribution in [1.29, 1.82) is 0 Å². The Kier molecular flexibility index (Phi) is 7.39. The van der Waals surface area contributed by atoms with Crippen LogP contribution in [0.25, 0.3) is 0 Å². The van der Waals surface area contributed by atoms with Crippen LogP contribution in [0.4, 0.5) is 0 Å². The van der Waals surface area contributed by atoms with E-state index in [0.717, 1.165) is 32.4 Å². The molecule has 1 unspecified atom stereocenters. The van der Waals surface area contributed by atoms with Crippen molar-refractivity contribution in [1.82, 2.24) is 5.32 Å². The molecule has 90 valence electrons. The van der Waals surface area contributed by atoms with E-state index in [1.165, 1.54) is 0 Å². The molecule has 1 N–H and O–H groups in total. The normalized spacial score (nSPS) is 24.3. The van der Waals surface area contributed by atoms with E-state index < -0.39 is 0 Å². The summed E-state index contributed by atoms with van der Waals surface area (Å²) in [4.78, 5) is 11.7. The molecule has 1 aliphatic rings. The maximum absolute atomic E-state index is 11.7. The molecule has 0 bridgehead atoms. The van der Waals surface area contributed by atoms with Crippen molar-refractivity contribution in [3.8, 4) is 0 Å². The summed E-state index contributed by atoms with van der Waals surface area (Å²) in [7, 11) is 0. The van der Waals surface area contributed by atoms with E-state index in [1.54, 1.807) is 0 Å². The zero-order valence-corrected chi connectivity index (χ0v) is 10.6. The van der Waals surface area contributed by atoms with Crippen LogP contribution in [-0.2, 0) is 9.53 Å². The molecule has 3 heteroatoms. The Morgan fingerprint density at radius 3 is 2.60 bits per heavy atom. The van der Waals surface area contributed by atoms with E-state index in [2.05, 4.69) is 12.2 Å². The quantitative estimate of drug-likeness (QED) is 0.731. The highest BCUT2D eigenvalue weighted by atomic mass is 16.5. The van der Waals surface area contributed by atoms with Crippen molar-refractivity contribution < 1.29 is 9.53 Å². The summed E-state index contributed by atoms with van der Waals surface area (Å²) >= 11 is 0. The van der Waals surface area contributed by atoms with Crippen LogP contribution in [0.2, 0.25) is 0 Å². The lowest BCUT2D eigenvalue weighted by molar-refractivity contribution is -0.130. The van der Waals surface area contributed by atoms with Crippen molar-refractivity contribution >= 4 is 5.91 Å². The monoisotopic (exact) mass is 215 g/mol. The second-order valence-corrected chi connectivity index (χ2v) is 3.97. The highest BCUT2D eigenvalue weighted by Gasteiger charge is 2.36. The SMILES string of the molecule is CC.CCCCNC(=O)C1(C)CCOC1. The number of hydrogen-bond acceptors (Lipinski definition) is 2. The van der Waals surface area contributed by atoms with Gasteiger partial charge in [-0.05, 0) is 19.8 Å². The summed E-state index contributed by atoms with van der Waals surface area (Å²) in [5.74, 6) is 0.151. The van der Waals surface area contributed by atoms with Crippen LogP contribution in [0.5, 0.6) is 0 Å². The Bertz CT molecular complexity index is 174. The first-order chi connectivity index (χ1) is 7.19. The molecule has 0 aromatic heterocycles. The fraction of sp³-hybridized carbons (Fsp3) is 0.917. The van der Waals surface area contributed by atoms with Gasteiger partial charge in [0.15, 0.2) is 0 Å². The van der Waals surface area contributed by atoms with Gasteiger partial charge in [0.25, 0.3) is 0 Å². The smallest absolute Gasteiger partial charge is 0.228 e. The van der Waals surface area contributed by atoms with Gasteiger partial charge in [-0.25, -0.2) is 0 Å². The molecule has 0 aromatic carbocycles. The van der Waals surface area contributed by atoms with Crippen LogP contribution in [0.1, 0.15) is 47.0 Å². The fourth-order valence-corrected chi connectivity index (χ4v) is 1.44. The molecular formula is C12H25NO2. The third-order valence-electron chi connectivity index (χ3n) is 2.58. The predicted molar refractivity (Wildman–Crippen MR) is 62.8 cm³/mol. The number of nitrogens with one attached hydrogen (secondary N) is 1. The van der Waals surface area contributed by atoms with Gasteiger partial charge in [-0.1, -0.05) is 27.2 Å². The highest BCUT2D eigenvalue weighted by molar-refractivity contribution is 5.82. The van der Waals surface area contributed by atoms with Crippen LogP contribution < -0.4 is 5.32 Å². The molecule has 1 saturated heterocycles. The Morgan fingerprint density at radius 1 is 1.47 bits per heavy atom. The number of amides is 1. The van der Waals surface area contributed by atoms with Crippen LogP contribution in [0.3, 0.4) is 0 Å². The summed E-state index contributed by atoms with van der Waals surface area (Å²) < 4.78 is 5.23. The molecular weight excluding hydrogens is 190 g/mol. The highest BCUT2D eigenvalue weighted by Crippen LogP contribution is 2.27. The first kappa shape index (κ1) is 14.4. The van der Waals surface area contributed by atoms with Crippen LogP contribution in [-0.4, -0.2) is 25.7 Å². The fourth-order valence-electron chi connectivity index (χ4n) is 1.44. The lowest BCUT2D eigenvalue weighted by Gasteiger charge is -2.20. The van der Waals surface area contributed by atoms with E-state index in [-0.39, 0.29) is 11.3 Å². The lowest BCUT2D eigenvalue weighted by Crippen LogP contribution is -2.39. The molecule has 15 heavy (non-hydrogen) atoms. The first-order valence-corrected chi connectivity index (χ1v) is 6.05. The molecule has 1 aliphatic heterocycles. The van der Waals surface area contributed by atoms with Crippen molar-refractivity contribution in [3.05, 3.63) is 0 Å². The second-order valence-electron chi connectivity index (χ2n) is 3.97. The van der Waals surface area contributed by atoms with Crippen LogP contribution in [0, 0.1) is 5.41 Å². The maximum Gasteiger partial charge on any atom is 0.228 e. The molecule has 0 radical (unpaired) electrons. The van der Waals surface area contributed by atoms with Crippen LogP contribution in [0.15, 0.2) is 0 Å². The summed E-state index contributed by atoms with van der Waals surface area (Å²) in [5, 5.41) is 2.95. The number of hydrogen-bond donors (Lipinski definition) is 1. The number of carbonyl (C=O) groups excluding carboxylic acids is 1. The van der Waals surface area contributed by atoms with Gasteiger partial charge in [0.05, 0.1) is 12.0 Å². The van der Waals surface area contributed by atoms with Gasteiger partial charge in [0, 0.05) is 13.2 Å². The van der Waals surface area contributed by atoms with Gasteiger partial charge in [-0.3, -0.25) is 4.79 Å². The van der Waals surface area contributed by atoms with Gasteiger partial charge in [-0.15, -0.1) is 0 Å². The van der Waals surface area contributed by atoms with Crippen molar-refractivity contribution in [2.45, 2.75) is 47.0 Å². The van der Waals surface area contributed by atoms with Gasteiger partial charge >= 0.3 is 0 Å². The topological polar surface area (TPSA) is 38.3 Å². The molecule has 1 atom stereocenters. The van der Waals surface area contributed by atoms with Crippen molar-refractivity contribution in [2.24, 2.45) is 5.41 Å². The van der Waals surface area contributed by atoms with Gasteiger partial charge in [-0.2, -0.15) is 0 Å². The maximum atomic E-state index is 11.7. The lowest BCUT2D eigenvalue weighted by atomic mass is 9.89. The number of ether oxygens (including phenoxy) is 1. The van der Waals surface area contributed by atoms with E-state index >= 15 is 0 Å². The molecule has 3 nitrogen and oxygen atoms in total. The second kappa shape index (κ2) is 7.69. The molecule has 0 saturated carbocycles. The Balaban J connectivity index is 0.000000921. The molecule has 0 aliphatic carbocycles. The summed E-state index contributed by atoms with van der Waals surface area (Å²) in [6, 6.07) is 0. The Labute approximate surface area is 93.6 Å². The predicted octanol–water partition coefficient (Wildman–Crippen LogP) is 2.36. The zero-order chi connectivity index (χ0) is 11.7. The Hall–Kier alpha value is -0.570. The van der Waals surface area contributed by atoms with Gasteiger partial charge in [0.1, 0.15) is 0 Å². The van der Waals surface area contributed by atoms with E-state index in [1.807, 2.05) is 20.8 Å². The van der Waals surface area contributed by atoms with E-state index in [9.17, 15) is 4.79 Å². The van der Waals surface area contributed by atoms with Crippen molar-refractivity contribution in [2.75, 3.05) is 19.8 Å². The minimum absolute atomic E-state index is 0.151. The zero-order valence-electron chi connectivity index (χ0n) is 10.6. The molecule has 1 rings (SSSR count). The third kappa shape index (κ3) is 4.65. The summed E-state index contributed by atoms with van der Waals surface area (Å²) in [6.07, 6.45) is 3.03. The molecule has 0 spiro atoms. The van der Waals surface area contributed by atoms with Crippen LogP contribution >= 0.6 is 0 Å². The first-order valence-electron chi connectivity index (χ1n) is 6.05. The van der Waals surface area contributed by atoms with Gasteiger partial charge in [0.2, 0.25) is 5.91 Å². The van der Waals surface area contributed by atoms with E-state index in [4.69, 9.17) is 4.74 Å². The molecule has 1 fully saturated rings. The third-order valence-corrected chi connectivity index (χ3v) is 2.58. The molecule has 1 heterocycles. The summed E-state index contributed by atoms with van der Waals surface area (Å²) in [5.41, 5.74) is -0.270. The van der Waals surface area contributed by atoms with E-state index in [0.29, 0.717) is 6.61 Å². The number of carbonyl (C=O) groups is 1. The standard InChI is InChI=1S/C10H19NO2.C2H6/c1-3-4-6-11-9(12)10(2)5-7-13-8-10;1-2/h3-8H2,1-2H3,(H,11,12);1-2H3. The van der Waals surface area contributed by atoms with Crippen molar-refractivity contribution in [3.63, 3.8) is 0 Å². The van der Waals surface area contributed by atoms with Gasteiger partial charge < -0.3 is 10.1 Å². The largest absolute Gasteiger partial charge is 0.380 e. The number of rotatable bonds is 4. The minimum Gasteiger partial charge on any atom is -0.380 e. The molecule has 1 amide bonds. The average molecular weight is 215 g/mol. The minimum atomic E-state index is -0.270. The average Bonchev–Trinajstić information content (AvgIpc) is 2.70. The summed E-state index contributed by atoms with van der Waals surface area (Å²) in [6.45, 7) is 10.2. The Morgan fingerprint density at radius 2 is 2.13 bits per heavy atom.